The van der Waals surface area contributed by atoms with Crippen molar-refractivity contribution in [3.63, 3.8) is 0 Å². The number of hydrogen-bond donors (Lipinski definition) is 0. The molecule has 0 aromatic heterocycles. The monoisotopic (exact) mass is 312 g/mol. The molecule has 0 radical (unpaired) electrons. The number of piperidine rings is 3. The van der Waals surface area contributed by atoms with E-state index in [9.17, 15) is 9.59 Å². The highest BCUT2D eigenvalue weighted by atomic mass is 16.2. The van der Waals surface area contributed by atoms with Gasteiger partial charge in [-0.2, -0.15) is 0 Å². The van der Waals surface area contributed by atoms with Gasteiger partial charge in [-0.3, -0.25) is 9.59 Å². The molecule has 0 saturated carbocycles. The highest BCUT2D eigenvalue weighted by Gasteiger charge is 2.44. The minimum absolute atomic E-state index is 0.237. The van der Waals surface area contributed by atoms with E-state index in [4.69, 9.17) is 0 Å². The van der Waals surface area contributed by atoms with Crippen LogP contribution in [0.25, 0.3) is 0 Å². The topological polar surface area (TPSA) is 40.6 Å². The van der Waals surface area contributed by atoms with Gasteiger partial charge < -0.3 is 9.80 Å². The summed E-state index contributed by atoms with van der Waals surface area (Å²) in [6.07, 6.45) is 4.52. The molecule has 2 bridgehead atoms. The third-order valence-electron chi connectivity index (χ3n) is 5.73. The summed E-state index contributed by atoms with van der Waals surface area (Å²) in [5.41, 5.74) is 1.09. The molecule has 4 rings (SSSR count). The van der Waals surface area contributed by atoms with Crippen molar-refractivity contribution >= 4 is 11.8 Å². The Morgan fingerprint density at radius 2 is 1.96 bits per heavy atom. The van der Waals surface area contributed by atoms with Crippen molar-refractivity contribution in [2.24, 2.45) is 11.8 Å². The van der Waals surface area contributed by atoms with Crippen molar-refractivity contribution in [1.82, 2.24) is 9.80 Å². The van der Waals surface area contributed by atoms with Crippen LogP contribution in [-0.4, -0.2) is 47.3 Å². The fraction of sp³-hybridized carbons (Fsp3) is 0.579. The largest absolute Gasteiger partial charge is 0.342 e. The van der Waals surface area contributed by atoms with Gasteiger partial charge in [0.1, 0.15) is 0 Å². The van der Waals surface area contributed by atoms with E-state index in [2.05, 4.69) is 9.80 Å². The number of nitrogens with zero attached hydrogens (tertiary/aromatic N) is 2. The van der Waals surface area contributed by atoms with Gasteiger partial charge in [-0.15, -0.1) is 0 Å². The van der Waals surface area contributed by atoms with Crippen molar-refractivity contribution < 1.29 is 9.59 Å². The second kappa shape index (κ2) is 5.99. The third-order valence-corrected chi connectivity index (χ3v) is 5.73. The third kappa shape index (κ3) is 2.87. The number of rotatable bonds is 2. The molecule has 0 spiro atoms. The van der Waals surface area contributed by atoms with Crippen LogP contribution in [-0.2, 0) is 16.0 Å². The van der Waals surface area contributed by atoms with Gasteiger partial charge in [-0.1, -0.05) is 30.3 Å². The Morgan fingerprint density at radius 1 is 1.13 bits per heavy atom. The number of benzene rings is 1. The zero-order chi connectivity index (χ0) is 15.8. The smallest absolute Gasteiger partial charge is 0.227 e. The van der Waals surface area contributed by atoms with Crippen LogP contribution in [0.4, 0.5) is 0 Å². The lowest BCUT2D eigenvalue weighted by Crippen LogP contribution is -2.61. The van der Waals surface area contributed by atoms with E-state index in [1.54, 1.807) is 0 Å². The molecule has 0 unspecified atom stereocenters. The predicted molar refractivity (Wildman–Crippen MR) is 87.7 cm³/mol. The summed E-state index contributed by atoms with van der Waals surface area (Å²) in [5.74, 6) is 1.51. The van der Waals surface area contributed by atoms with Crippen LogP contribution in [0.3, 0.4) is 0 Å². The summed E-state index contributed by atoms with van der Waals surface area (Å²) in [7, 11) is 0. The van der Waals surface area contributed by atoms with E-state index < -0.39 is 0 Å². The standard InChI is InChI=1S/C19H24N2O2/c22-18-8-4-7-17-16-9-15(12-21(17)18)11-20(13-16)19(23)10-14-5-2-1-3-6-14/h1-3,5-6,15-17H,4,7-13H2/t15-,16-,17-/m1/s1. The molecule has 3 aliphatic heterocycles. The maximum atomic E-state index is 12.7. The molecule has 0 aliphatic carbocycles. The molecule has 0 N–H and O–H groups in total. The Balaban J connectivity index is 1.45. The van der Waals surface area contributed by atoms with E-state index in [1.807, 2.05) is 30.3 Å². The van der Waals surface area contributed by atoms with Crippen LogP contribution >= 0.6 is 0 Å². The molecule has 23 heavy (non-hydrogen) atoms. The van der Waals surface area contributed by atoms with Gasteiger partial charge in [0.25, 0.3) is 0 Å². The fourth-order valence-electron chi connectivity index (χ4n) is 4.70. The first-order chi connectivity index (χ1) is 11.2. The van der Waals surface area contributed by atoms with Gasteiger partial charge in [0, 0.05) is 32.1 Å². The quantitative estimate of drug-likeness (QED) is 0.839. The maximum absolute atomic E-state index is 12.7. The molecule has 2 amide bonds. The average Bonchev–Trinajstić information content (AvgIpc) is 2.57. The molecular formula is C19H24N2O2. The van der Waals surface area contributed by atoms with Crippen molar-refractivity contribution in [3.8, 4) is 0 Å². The van der Waals surface area contributed by atoms with E-state index in [0.717, 1.165) is 38.0 Å². The van der Waals surface area contributed by atoms with Crippen LogP contribution in [0.2, 0.25) is 0 Å². The second-order valence-electron chi connectivity index (χ2n) is 7.33. The van der Waals surface area contributed by atoms with Gasteiger partial charge in [-0.25, -0.2) is 0 Å². The number of likely N-dealkylation sites (tertiary alicyclic amines) is 1. The highest BCUT2D eigenvalue weighted by Crippen LogP contribution is 2.38. The lowest BCUT2D eigenvalue weighted by molar-refractivity contribution is -0.148. The minimum Gasteiger partial charge on any atom is -0.342 e. The second-order valence-corrected chi connectivity index (χ2v) is 7.33. The number of carbonyl (C=O) groups excluding carboxylic acids is 2. The van der Waals surface area contributed by atoms with Crippen LogP contribution < -0.4 is 0 Å². The summed E-state index contributed by atoms with van der Waals surface area (Å²) in [6.45, 7) is 2.50. The molecule has 122 valence electrons. The molecule has 3 aliphatic rings. The van der Waals surface area contributed by atoms with E-state index in [0.29, 0.717) is 36.6 Å². The van der Waals surface area contributed by atoms with Crippen molar-refractivity contribution in [1.29, 1.82) is 0 Å². The van der Waals surface area contributed by atoms with Crippen LogP contribution in [0.1, 0.15) is 31.2 Å². The van der Waals surface area contributed by atoms with Crippen molar-refractivity contribution in [2.75, 3.05) is 19.6 Å². The first-order valence-electron chi connectivity index (χ1n) is 8.82. The molecule has 1 aromatic carbocycles. The summed E-state index contributed by atoms with van der Waals surface area (Å²) < 4.78 is 0. The SMILES string of the molecule is O=C(Cc1ccccc1)N1C[C@H]2C[C@H](C1)[C@H]1CCCC(=O)N1C2. The summed E-state index contributed by atoms with van der Waals surface area (Å²) in [4.78, 5) is 29.0. The lowest BCUT2D eigenvalue weighted by Gasteiger charge is -2.52. The molecule has 4 nitrogen and oxygen atoms in total. The first-order valence-corrected chi connectivity index (χ1v) is 8.82. The van der Waals surface area contributed by atoms with Crippen molar-refractivity contribution in [3.05, 3.63) is 35.9 Å². The minimum atomic E-state index is 0.237. The molecular weight excluding hydrogens is 288 g/mol. The zero-order valence-electron chi connectivity index (χ0n) is 13.5. The summed E-state index contributed by atoms with van der Waals surface area (Å²) >= 11 is 0. The Kier molecular flexibility index (Phi) is 3.83. The predicted octanol–water partition coefficient (Wildman–Crippen LogP) is 2.09. The Hall–Kier alpha value is -1.84. The number of hydrogen-bond acceptors (Lipinski definition) is 2. The normalized spacial score (nSPS) is 30.1. The molecule has 3 saturated heterocycles. The summed E-state index contributed by atoms with van der Waals surface area (Å²) in [6, 6.07) is 10.4. The van der Waals surface area contributed by atoms with Gasteiger partial charge in [0.2, 0.25) is 11.8 Å². The summed E-state index contributed by atoms with van der Waals surface area (Å²) in [5, 5.41) is 0. The van der Waals surface area contributed by atoms with Crippen molar-refractivity contribution in [2.45, 2.75) is 38.1 Å². The highest BCUT2D eigenvalue weighted by molar-refractivity contribution is 5.79. The maximum Gasteiger partial charge on any atom is 0.227 e. The molecule has 3 heterocycles. The Labute approximate surface area is 137 Å². The van der Waals surface area contributed by atoms with Gasteiger partial charge in [0.15, 0.2) is 0 Å². The average molecular weight is 312 g/mol. The van der Waals surface area contributed by atoms with Gasteiger partial charge in [-0.05, 0) is 36.7 Å². The molecule has 3 atom stereocenters. The first kappa shape index (κ1) is 14.7. The number of carbonyl (C=O) groups is 2. The molecule has 1 aromatic rings. The van der Waals surface area contributed by atoms with Crippen LogP contribution in [0, 0.1) is 11.8 Å². The Morgan fingerprint density at radius 3 is 2.78 bits per heavy atom. The number of amides is 2. The van der Waals surface area contributed by atoms with Gasteiger partial charge >= 0.3 is 0 Å². The molecule has 4 heteroatoms. The number of fused-ring (bicyclic) bond motifs is 4. The Bertz CT molecular complexity index is 601. The van der Waals surface area contributed by atoms with E-state index in [1.165, 1.54) is 6.42 Å². The zero-order valence-corrected chi connectivity index (χ0v) is 13.5. The molecule has 3 fully saturated rings. The van der Waals surface area contributed by atoms with E-state index in [-0.39, 0.29) is 5.91 Å². The van der Waals surface area contributed by atoms with Gasteiger partial charge in [0.05, 0.1) is 6.42 Å². The van der Waals surface area contributed by atoms with E-state index >= 15 is 0 Å². The fourth-order valence-corrected chi connectivity index (χ4v) is 4.70. The van der Waals surface area contributed by atoms with Crippen LogP contribution in [0.15, 0.2) is 30.3 Å². The van der Waals surface area contributed by atoms with Crippen LogP contribution in [0.5, 0.6) is 0 Å². The lowest BCUT2D eigenvalue weighted by atomic mass is 9.76.